The maximum atomic E-state index is 13.1. The van der Waals surface area contributed by atoms with Gasteiger partial charge in [-0.2, -0.15) is 4.98 Å². The Morgan fingerprint density at radius 1 is 0.976 bits per heavy atom. The molecule has 1 aliphatic heterocycles. The van der Waals surface area contributed by atoms with E-state index in [0.29, 0.717) is 35.1 Å². The van der Waals surface area contributed by atoms with Gasteiger partial charge in [0, 0.05) is 28.3 Å². The number of carbonyl (C=O) groups is 2. The molecule has 212 valence electrons. The lowest BCUT2D eigenvalue weighted by Crippen LogP contribution is -2.37. The molecule has 2 heterocycles. The van der Waals surface area contributed by atoms with Crippen LogP contribution in [0.25, 0.3) is 11.4 Å². The molecule has 1 N–H and O–H groups in total. The molecular weight excluding hydrogens is 516 g/mol. The summed E-state index contributed by atoms with van der Waals surface area (Å²) in [5, 5.41) is 7.13. The lowest BCUT2D eigenvalue weighted by Gasteiger charge is -2.30. The van der Waals surface area contributed by atoms with Gasteiger partial charge in [0.1, 0.15) is 5.75 Å². The summed E-state index contributed by atoms with van der Waals surface area (Å²) in [4.78, 5) is 32.9. The average Bonchev–Trinajstić information content (AvgIpc) is 3.45. The molecule has 1 aliphatic rings. The van der Waals surface area contributed by atoms with Gasteiger partial charge in [-0.25, -0.2) is 0 Å². The number of methoxy groups -OCH3 is 1. The third-order valence-corrected chi connectivity index (χ3v) is 7.54. The maximum Gasteiger partial charge on any atom is 0.241 e. The van der Waals surface area contributed by atoms with E-state index in [2.05, 4.69) is 41.1 Å². The monoisotopic (exact) mass is 552 g/mol. The van der Waals surface area contributed by atoms with Gasteiger partial charge in [0.05, 0.1) is 13.7 Å². The van der Waals surface area contributed by atoms with Crippen molar-refractivity contribution in [2.75, 3.05) is 25.5 Å². The molecule has 1 saturated heterocycles. The van der Waals surface area contributed by atoms with Gasteiger partial charge in [0.25, 0.3) is 0 Å². The number of likely N-dealkylation sites (tertiary alicyclic amines) is 1. The number of anilines is 1. The van der Waals surface area contributed by atoms with Gasteiger partial charge in [0.2, 0.25) is 17.6 Å². The second-order valence-electron chi connectivity index (χ2n) is 11.5. The largest absolute Gasteiger partial charge is 0.497 e. The Balaban J connectivity index is 1.13. The molecule has 0 saturated carbocycles. The van der Waals surface area contributed by atoms with Crippen LogP contribution in [0.15, 0.2) is 77.3 Å². The topological polar surface area (TPSA) is 97.6 Å². The van der Waals surface area contributed by atoms with E-state index in [4.69, 9.17) is 9.26 Å². The van der Waals surface area contributed by atoms with E-state index < -0.39 is 0 Å². The van der Waals surface area contributed by atoms with Crippen LogP contribution in [-0.2, 0) is 16.8 Å². The van der Waals surface area contributed by atoms with Gasteiger partial charge in [-0.3, -0.25) is 14.5 Å². The average molecular weight is 553 g/mol. The number of hydrogen-bond acceptors (Lipinski definition) is 7. The van der Waals surface area contributed by atoms with Crippen molar-refractivity contribution >= 4 is 17.4 Å². The first-order chi connectivity index (χ1) is 19.7. The zero-order chi connectivity index (χ0) is 29.0. The van der Waals surface area contributed by atoms with Gasteiger partial charge >= 0.3 is 0 Å². The summed E-state index contributed by atoms with van der Waals surface area (Å²) in [5.41, 5.74) is 3.88. The summed E-state index contributed by atoms with van der Waals surface area (Å²) in [7, 11) is 1.63. The Labute approximate surface area is 240 Å². The van der Waals surface area contributed by atoms with Crippen molar-refractivity contribution in [2.24, 2.45) is 5.92 Å². The van der Waals surface area contributed by atoms with Crippen molar-refractivity contribution in [1.29, 1.82) is 0 Å². The first-order valence-electron chi connectivity index (χ1n) is 13.9. The summed E-state index contributed by atoms with van der Waals surface area (Å²) in [6.07, 6.45) is 1.45. The Morgan fingerprint density at radius 2 is 1.68 bits per heavy atom. The van der Waals surface area contributed by atoms with E-state index in [1.165, 1.54) is 5.56 Å². The van der Waals surface area contributed by atoms with Crippen molar-refractivity contribution in [3.63, 3.8) is 0 Å². The van der Waals surface area contributed by atoms with E-state index in [1.54, 1.807) is 25.3 Å². The fourth-order valence-electron chi connectivity index (χ4n) is 4.99. The van der Waals surface area contributed by atoms with Gasteiger partial charge in [0.15, 0.2) is 5.78 Å². The second kappa shape index (κ2) is 12.1. The SMILES string of the molecule is COc1ccc(-c2noc(CN3CCC(C(=O)Nc4cccc(C(=O)c5ccc(C(C)(C)C)cc5)c4)CC3)n2)cc1. The molecule has 0 aliphatic carbocycles. The van der Waals surface area contributed by atoms with Crippen LogP contribution < -0.4 is 10.1 Å². The Morgan fingerprint density at radius 3 is 2.34 bits per heavy atom. The minimum Gasteiger partial charge on any atom is -0.497 e. The van der Waals surface area contributed by atoms with Crippen LogP contribution in [0, 0.1) is 5.92 Å². The van der Waals surface area contributed by atoms with Crippen LogP contribution in [-0.4, -0.2) is 46.9 Å². The third kappa shape index (κ3) is 6.89. The van der Waals surface area contributed by atoms with Crippen molar-refractivity contribution < 1.29 is 18.8 Å². The van der Waals surface area contributed by atoms with Crippen molar-refractivity contribution in [1.82, 2.24) is 15.0 Å². The number of hydrogen-bond donors (Lipinski definition) is 1. The van der Waals surface area contributed by atoms with E-state index in [0.717, 1.165) is 37.2 Å². The molecule has 0 radical (unpaired) electrons. The number of nitrogens with one attached hydrogen (secondary N) is 1. The molecule has 8 nitrogen and oxygen atoms in total. The van der Waals surface area contributed by atoms with Crippen molar-refractivity contribution in [3.05, 3.63) is 95.4 Å². The number of benzene rings is 3. The molecule has 41 heavy (non-hydrogen) atoms. The molecular formula is C33H36N4O4. The minimum atomic E-state index is -0.104. The highest BCUT2D eigenvalue weighted by atomic mass is 16.5. The van der Waals surface area contributed by atoms with Gasteiger partial charge in [-0.1, -0.05) is 62.3 Å². The summed E-state index contributed by atoms with van der Waals surface area (Å²) >= 11 is 0. The van der Waals surface area contributed by atoms with E-state index in [9.17, 15) is 9.59 Å². The molecule has 3 aromatic carbocycles. The minimum absolute atomic E-state index is 0.0240. The standard InChI is InChI=1S/C33H36N4O4/c1-33(2,3)26-12-8-22(9-13-26)30(38)25-6-5-7-27(20-25)34-32(39)24-16-18-37(19-17-24)21-29-35-31(36-41-29)23-10-14-28(40-4)15-11-23/h5-15,20,24H,16-19,21H2,1-4H3,(H,34,39). The van der Waals surface area contributed by atoms with Crippen LogP contribution in [0.2, 0.25) is 0 Å². The fourth-order valence-corrected chi connectivity index (χ4v) is 4.99. The van der Waals surface area contributed by atoms with Crippen LogP contribution in [0.5, 0.6) is 5.75 Å². The fraction of sp³-hybridized carbons (Fsp3) is 0.333. The molecule has 1 amide bonds. The number of rotatable bonds is 8. The summed E-state index contributed by atoms with van der Waals surface area (Å²) in [5.74, 6) is 1.67. The molecule has 4 aromatic rings. The quantitative estimate of drug-likeness (QED) is 0.263. The van der Waals surface area contributed by atoms with E-state index in [1.807, 2.05) is 54.6 Å². The highest BCUT2D eigenvalue weighted by Gasteiger charge is 2.26. The zero-order valence-corrected chi connectivity index (χ0v) is 24.0. The number of aromatic nitrogens is 2. The van der Waals surface area contributed by atoms with E-state index >= 15 is 0 Å². The number of piperidine rings is 1. The van der Waals surface area contributed by atoms with Crippen LogP contribution in [0.4, 0.5) is 5.69 Å². The first kappa shape index (κ1) is 28.2. The molecule has 0 atom stereocenters. The van der Waals surface area contributed by atoms with E-state index in [-0.39, 0.29) is 23.0 Å². The predicted molar refractivity (Wildman–Crippen MR) is 158 cm³/mol. The van der Waals surface area contributed by atoms with Crippen LogP contribution in [0.3, 0.4) is 0 Å². The highest BCUT2D eigenvalue weighted by molar-refractivity contribution is 6.09. The summed E-state index contributed by atoms with van der Waals surface area (Å²) < 4.78 is 10.7. The zero-order valence-electron chi connectivity index (χ0n) is 24.0. The third-order valence-electron chi connectivity index (χ3n) is 7.54. The highest BCUT2D eigenvalue weighted by Crippen LogP contribution is 2.25. The number of amides is 1. The molecule has 8 heteroatoms. The number of carbonyl (C=O) groups excluding carboxylic acids is 2. The Kier molecular flexibility index (Phi) is 8.31. The van der Waals surface area contributed by atoms with Crippen molar-refractivity contribution in [2.45, 2.75) is 45.6 Å². The normalized spacial score (nSPS) is 14.5. The van der Waals surface area contributed by atoms with Crippen LogP contribution >= 0.6 is 0 Å². The maximum absolute atomic E-state index is 13.1. The van der Waals surface area contributed by atoms with Crippen LogP contribution in [0.1, 0.15) is 61.0 Å². The van der Waals surface area contributed by atoms with Gasteiger partial charge in [-0.05, 0) is 73.3 Å². The molecule has 1 aromatic heterocycles. The Hall–Kier alpha value is -4.30. The predicted octanol–water partition coefficient (Wildman–Crippen LogP) is 6.12. The molecule has 0 unspecified atom stereocenters. The number of ketones is 1. The summed E-state index contributed by atoms with van der Waals surface area (Å²) in [6.45, 7) is 8.48. The Bertz CT molecular complexity index is 1500. The van der Waals surface area contributed by atoms with Gasteiger partial charge in [-0.15, -0.1) is 0 Å². The second-order valence-corrected chi connectivity index (χ2v) is 11.5. The molecule has 0 spiro atoms. The van der Waals surface area contributed by atoms with Crippen molar-refractivity contribution in [3.8, 4) is 17.1 Å². The number of nitrogens with zero attached hydrogens (tertiary/aromatic N) is 3. The molecule has 5 rings (SSSR count). The molecule has 1 fully saturated rings. The summed E-state index contributed by atoms with van der Waals surface area (Å²) in [6, 6.07) is 22.4. The smallest absolute Gasteiger partial charge is 0.241 e. The van der Waals surface area contributed by atoms with Gasteiger partial charge < -0.3 is 14.6 Å². The number of ether oxygens (including phenoxy) is 1. The lowest BCUT2D eigenvalue weighted by molar-refractivity contribution is -0.121. The lowest BCUT2D eigenvalue weighted by atomic mass is 9.86. The molecule has 0 bridgehead atoms. The first-order valence-corrected chi connectivity index (χ1v) is 13.9.